The van der Waals surface area contributed by atoms with Gasteiger partial charge < -0.3 is 0 Å². The number of aryl methyl sites for hydroxylation is 1. The fourth-order valence-electron chi connectivity index (χ4n) is 2.08. The summed E-state index contributed by atoms with van der Waals surface area (Å²) >= 11 is 7.44. The van der Waals surface area contributed by atoms with E-state index in [1.54, 1.807) is 12.1 Å². The lowest BCUT2D eigenvalue weighted by Gasteiger charge is -2.07. The van der Waals surface area contributed by atoms with Gasteiger partial charge in [0.2, 0.25) is 11.1 Å². The van der Waals surface area contributed by atoms with Crippen LogP contribution in [0.4, 0.5) is 5.95 Å². The number of thioether (sulfide) groups is 1. The largest absolute Gasteiger partial charge is 0.265 e. The Morgan fingerprint density at radius 3 is 2.68 bits per heavy atom. The second-order valence-electron chi connectivity index (χ2n) is 5.28. The smallest absolute Gasteiger partial charge is 0.247 e. The number of nitrogens with zero attached hydrogens (tertiary/aromatic N) is 2. The highest BCUT2D eigenvalue weighted by atomic mass is 35.5. The highest BCUT2D eigenvalue weighted by molar-refractivity contribution is 7.98. The highest BCUT2D eigenvalue weighted by Gasteiger charge is 2.20. The van der Waals surface area contributed by atoms with E-state index >= 15 is 0 Å². The van der Waals surface area contributed by atoms with E-state index in [9.17, 15) is 8.42 Å². The van der Waals surface area contributed by atoms with Crippen LogP contribution in [0.15, 0.2) is 58.6 Å². The van der Waals surface area contributed by atoms with Crippen LogP contribution in [0.5, 0.6) is 0 Å². The van der Waals surface area contributed by atoms with Gasteiger partial charge >= 0.3 is 0 Å². The standard InChI is InChI=1S/C16H15ClN4O2S2/c1-11-7-8-14(13(17)9-11)25(22,23)21-15-18-16(20-19-15)24-10-12-5-3-2-4-6-12/h2-9H,10H2,1H3,(H2,18,19,20,21). The van der Waals surface area contributed by atoms with Crippen molar-refractivity contribution in [3.63, 3.8) is 0 Å². The number of hydrogen-bond acceptors (Lipinski definition) is 5. The quantitative estimate of drug-likeness (QED) is 0.620. The van der Waals surface area contributed by atoms with Gasteiger partial charge in [0.25, 0.3) is 10.0 Å². The number of halogens is 1. The number of nitrogens with one attached hydrogen (secondary N) is 2. The fraction of sp³-hybridized carbons (Fsp3) is 0.125. The molecule has 0 saturated carbocycles. The van der Waals surface area contributed by atoms with E-state index < -0.39 is 10.0 Å². The summed E-state index contributed by atoms with van der Waals surface area (Å²) < 4.78 is 27.2. The summed E-state index contributed by atoms with van der Waals surface area (Å²) in [5.41, 5.74) is 2.01. The Kier molecular flexibility index (Phi) is 5.31. The zero-order chi connectivity index (χ0) is 17.9. The molecule has 0 fully saturated rings. The Morgan fingerprint density at radius 1 is 1.20 bits per heavy atom. The SMILES string of the molecule is Cc1ccc(S(=O)(=O)Nc2nc(SCc3ccccc3)n[nH]2)c(Cl)c1. The monoisotopic (exact) mass is 394 g/mol. The molecule has 130 valence electrons. The van der Waals surface area contributed by atoms with Crippen LogP contribution in [0.2, 0.25) is 5.02 Å². The number of aromatic nitrogens is 3. The van der Waals surface area contributed by atoms with Crippen LogP contribution >= 0.6 is 23.4 Å². The third-order valence-corrected chi connectivity index (χ3v) is 6.02. The molecule has 3 aromatic rings. The summed E-state index contributed by atoms with van der Waals surface area (Å²) in [7, 11) is -3.84. The van der Waals surface area contributed by atoms with Gasteiger partial charge in [0.1, 0.15) is 4.90 Å². The third kappa shape index (κ3) is 4.53. The van der Waals surface area contributed by atoms with Crippen LogP contribution in [0.3, 0.4) is 0 Å². The molecule has 1 aromatic heterocycles. The van der Waals surface area contributed by atoms with E-state index in [1.165, 1.54) is 17.8 Å². The minimum absolute atomic E-state index is 0.00495. The van der Waals surface area contributed by atoms with Crippen molar-refractivity contribution in [1.82, 2.24) is 15.2 Å². The number of anilines is 1. The molecule has 0 unspecified atom stereocenters. The molecule has 0 bridgehead atoms. The normalized spacial score (nSPS) is 11.4. The van der Waals surface area contributed by atoms with Crippen LogP contribution in [-0.2, 0) is 15.8 Å². The average Bonchev–Trinajstić information content (AvgIpc) is 3.00. The molecule has 0 spiro atoms. The van der Waals surface area contributed by atoms with Crippen molar-refractivity contribution in [2.24, 2.45) is 0 Å². The van der Waals surface area contributed by atoms with Gasteiger partial charge in [-0.25, -0.2) is 18.2 Å². The van der Waals surface area contributed by atoms with Crippen molar-refractivity contribution >= 4 is 39.3 Å². The molecule has 0 aliphatic rings. The Labute approximate surface area is 155 Å². The fourth-order valence-corrected chi connectivity index (χ4v) is 4.40. The van der Waals surface area contributed by atoms with Crippen molar-refractivity contribution in [2.75, 3.05) is 4.72 Å². The zero-order valence-electron chi connectivity index (χ0n) is 13.2. The van der Waals surface area contributed by atoms with Crippen LogP contribution in [0, 0.1) is 6.92 Å². The van der Waals surface area contributed by atoms with E-state index in [2.05, 4.69) is 19.9 Å². The lowest BCUT2D eigenvalue weighted by atomic mass is 10.2. The van der Waals surface area contributed by atoms with Gasteiger partial charge in [0, 0.05) is 5.75 Å². The molecule has 0 radical (unpaired) electrons. The lowest BCUT2D eigenvalue weighted by Crippen LogP contribution is -2.14. The maximum Gasteiger partial charge on any atom is 0.265 e. The van der Waals surface area contributed by atoms with Crippen molar-refractivity contribution in [3.05, 3.63) is 64.7 Å². The summed E-state index contributed by atoms with van der Waals surface area (Å²) in [6.45, 7) is 1.84. The lowest BCUT2D eigenvalue weighted by molar-refractivity contribution is 0.601. The molecular weight excluding hydrogens is 380 g/mol. The topological polar surface area (TPSA) is 87.7 Å². The van der Waals surface area contributed by atoms with E-state index in [1.807, 2.05) is 37.3 Å². The molecule has 2 N–H and O–H groups in total. The molecule has 25 heavy (non-hydrogen) atoms. The van der Waals surface area contributed by atoms with Crippen molar-refractivity contribution in [1.29, 1.82) is 0 Å². The predicted octanol–water partition coefficient (Wildman–Crippen LogP) is 3.86. The Balaban J connectivity index is 1.70. The van der Waals surface area contributed by atoms with Gasteiger partial charge in [-0.15, -0.1) is 5.10 Å². The summed E-state index contributed by atoms with van der Waals surface area (Å²) in [4.78, 5) is 4.14. The van der Waals surface area contributed by atoms with Crippen molar-refractivity contribution in [2.45, 2.75) is 22.7 Å². The van der Waals surface area contributed by atoms with Gasteiger partial charge in [-0.05, 0) is 30.2 Å². The molecule has 6 nitrogen and oxygen atoms in total. The molecule has 1 heterocycles. The highest BCUT2D eigenvalue weighted by Crippen LogP contribution is 2.25. The summed E-state index contributed by atoms with van der Waals surface area (Å²) in [5.74, 6) is 0.737. The molecule has 2 aromatic carbocycles. The molecule has 0 atom stereocenters. The second-order valence-corrected chi connectivity index (χ2v) is 8.28. The number of hydrogen-bond donors (Lipinski definition) is 2. The van der Waals surface area contributed by atoms with Gasteiger partial charge in [-0.2, -0.15) is 4.98 Å². The third-order valence-electron chi connectivity index (χ3n) is 3.28. The van der Waals surface area contributed by atoms with E-state index in [0.29, 0.717) is 10.9 Å². The average molecular weight is 395 g/mol. The molecule has 0 aliphatic carbocycles. The van der Waals surface area contributed by atoms with Crippen LogP contribution in [-0.4, -0.2) is 23.6 Å². The molecule has 0 saturated heterocycles. The first kappa shape index (κ1) is 17.8. The minimum atomic E-state index is -3.84. The first-order chi connectivity index (χ1) is 11.9. The van der Waals surface area contributed by atoms with Gasteiger partial charge in [-0.3, -0.25) is 0 Å². The maximum atomic E-state index is 12.4. The number of benzene rings is 2. The van der Waals surface area contributed by atoms with Crippen molar-refractivity contribution < 1.29 is 8.42 Å². The van der Waals surface area contributed by atoms with Gasteiger partial charge in [-0.1, -0.05) is 59.8 Å². The van der Waals surface area contributed by atoms with E-state index in [0.717, 1.165) is 11.1 Å². The molecule has 0 aliphatic heterocycles. The van der Waals surface area contributed by atoms with Crippen LogP contribution < -0.4 is 4.72 Å². The molecule has 3 rings (SSSR count). The first-order valence-electron chi connectivity index (χ1n) is 7.32. The number of aromatic amines is 1. The molecule has 9 heteroatoms. The van der Waals surface area contributed by atoms with Gasteiger partial charge in [0.05, 0.1) is 5.02 Å². The van der Waals surface area contributed by atoms with Gasteiger partial charge in [0.15, 0.2) is 0 Å². The molecular formula is C16H15ClN4O2S2. The summed E-state index contributed by atoms with van der Waals surface area (Å²) in [5, 5.41) is 7.21. The number of H-pyrrole nitrogens is 1. The Bertz CT molecular complexity index is 975. The van der Waals surface area contributed by atoms with E-state index in [4.69, 9.17) is 11.6 Å². The predicted molar refractivity (Wildman–Crippen MR) is 99.4 cm³/mol. The second kappa shape index (κ2) is 7.47. The molecule has 0 amide bonds. The van der Waals surface area contributed by atoms with Crippen LogP contribution in [0.25, 0.3) is 0 Å². The first-order valence-corrected chi connectivity index (χ1v) is 10.2. The minimum Gasteiger partial charge on any atom is -0.247 e. The summed E-state index contributed by atoms with van der Waals surface area (Å²) in [6, 6.07) is 14.6. The zero-order valence-corrected chi connectivity index (χ0v) is 15.6. The Hall–Kier alpha value is -2.03. The number of sulfonamides is 1. The van der Waals surface area contributed by atoms with E-state index in [-0.39, 0.29) is 15.9 Å². The number of rotatable bonds is 6. The van der Waals surface area contributed by atoms with Crippen LogP contribution in [0.1, 0.15) is 11.1 Å². The maximum absolute atomic E-state index is 12.4. The van der Waals surface area contributed by atoms with Crippen molar-refractivity contribution in [3.8, 4) is 0 Å². The Morgan fingerprint density at radius 2 is 1.96 bits per heavy atom. The summed E-state index contributed by atoms with van der Waals surface area (Å²) in [6.07, 6.45) is 0.